The second kappa shape index (κ2) is 9.51. The number of piperidine rings is 1. The molecule has 32 heavy (non-hydrogen) atoms. The number of aryl methyl sites for hydroxylation is 1. The fourth-order valence-electron chi connectivity index (χ4n) is 4.10. The van der Waals surface area contributed by atoms with Gasteiger partial charge >= 0.3 is 0 Å². The lowest BCUT2D eigenvalue weighted by atomic mass is 9.92. The molecule has 0 aliphatic carbocycles. The van der Waals surface area contributed by atoms with Crippen LogP contribution in [-0.2, 0) is 18.4 Å². The van der Waals surface area contributed by atoms with Crippen molar-refractivity contribution in [2.75, 3.05) is 18.0 Å². The summed E-state index contributed by atoms with van der Waals surface area (Å²) in [7, 11) is 0. The number of halogens is 1. The van der Waals surface area contributed by atoms with Gasteiger partial charge in [-0.15, -0.1) is 0 Å². The summed E-state index contributed by atoms with van der Waals surface area (Å²) in [5, 5.41) is 11.3. The third-order valence-corrected chi connectivity index (χ3v) is 6.20. The van der Waals surface area contributed by atoms with Crippen LogP contribution in [0.25, 0.3) is 0 Å². The van der Waals surface area contributed by atoms with E-state index in [-0.39, 0.29) is 0 Å². The lowest BCUT2D eigenvalue weighted by Gasteiger charge is -2.32. The highest BCUT2D eigenvalue weighted by Crippen LogP contribution is 2.26. The van der Waals surface area contributed by atoms with E-state index in [2.05, 4.69) is 14.9 Å². The van der Waals surface area contributed by atoms with Crippen molar-refractivity contribution in [2.24, 2.45) is 5.92 Å². The molecular weight excluding hydrogens is 422 g/mol. The van der Waals surface area contributed by atoms with Gasteiger partial charge in [0.05, 0.1) is 5.69 Å². The summed E-state index contributed by atoms with van der Waals surface area (Å²) in [5.41, 5.74) is 2.70. The highest BCUT2D eigenvalue weighted by Gasteiger charge is 2.24. The molecule has 0 saturated carbocycles. The molecule has 1 saturated heterocycles. The van der Waals surface area contributed by atoms with Gasteiger partial charge in [0, 0.05) is 48.4 Å². The second-order valence-electron chi connectivity index (χ2n) is 9.18. The molecule has 0 radical (unpaired) electrons. The minimum absolute atomic E-state index is 0.509. The topological polar surface area (TPSA) is 75.0 Å². The zero-order valence-electron chi connectivity index (χ0n) is 18.9. The van der Waals surface area contributed by atoms with Crippen LogP contribution in [0.4, 0.5) is 5.82 Å². The predicted octanol–water partition coefficient (Wildman–Crippen LogP) is 4.51. The van der Waals surface area contributed by atoms with Crippen LogP contribution in [-0.4, -0.2) is 38.1 Å². The van der Waals surface area contributed by atoms with Gasteiger partial charge in [-0.05, 0) is 63.3 Å². The van der Waals surface area contributed by atoms with E-state index >= 15 is 0 Å². The molecule has 168 valence electrons. The molecule has 6 nitrogen and oxygen atoms in total. The van der Waals surface area contributed by atoms with E-state index in [1.807, 2.05) is 43.3 Å². The van der Waals surface area contributed by atoms with Crippen LogP contribution < -0.4 is 4.90 Å². The Balaban J connectivity index is 1.47. The number of hydrogen-bond donors (Lipinski definition) is 1. The first-order chi connectivity index (χ1) is 15.3. The SMILES string of the molecule is Cc1cc(N2CCC(Cc3nc(Cc4ccc(Cl)cc4)cc(C(C)(C)O)n3)CC2)ncn1. The molecule has 1 N–H and O–H groups in total. The molecule has 1 aromatic carbocycles. The summed E-state index contributed by atoms with van der Waals surface area (Å²) in [5.74, 6) is 2.32. The Morgan fingerprint density at radius 1 is 1.06 bits per heavy atom. The number of rotatable bonds is 6. The molecule has 0 atom stereocenters. The number of nitrogens with zero attached hydrogens (tertiary/aromatic N) is 5. The fourth-order valence-corrected chi connectivity index (χ4v) is 4.22. The number of anilines is 1. The Kier molecular flexibility index (Phi) is 6.72. The Morgan fingerprint density at radius 3 is 2.44 bits per heavy atom. The lowest BCUT2D eigenvalue weighted by Crippen LogP contribution is -2.35. The summed E-state index contributed by atoms with van der Waals surface area (Å²) < 4.78 is 0. The summed E-state index contributed by atoms with van der Waals surface area (Å²) >= 11 is 6.02. The highest BCUT2D eigenvalue weighted by molar-refractivity contribution is 6.30. The molecule has 1 aliphatic heterocycles. The Bertz CT molecular complexity index is 1060. The molecule has 3 heterocycles. The van der Waals surface area contributed by atoms with Crippen molar-refractivity contribution < 1.29 is 5.11 Å². The summed E-state index contributed by atoms with van der Waals surface area (Å²) in [4.78, 5) is 20.5. The minimum atomic E-state index is -1.01. The molecule has 0 unspecified atom stereocenters. The summed E-state index contributed by atoms with van der Waals surface area (Å²) in [6.45, 7) is 7.46. The minimum Gasteiger partial charge on any atom is -0.384 e. The maximum Gasteiger partial charge on any atom is 0.132 e. The van der Waals surface area contributed by atoms with Crippen molar-refractivity contribution in [2.45, 2.75) is 52.1 Å². The van der Waals surface area contributed by atoms with Crippen LogP contribution >= 0.6 is 11.6 Å². The molecule has 0 amide bonds. The lowest BCUT2D eigenvalue weighted by molar-refractivity contribution is 0.0732. The smallest absolute Gasteiger partial charge is 0.132 e. The zero-order chi connectivity index (χ0) is 22.7. The van der Waals surface area contributed by atoms with Gasteiger partial charge in [0.25, 0.3) is 0 Å². The number of hydrogen-bond acceptors (Lipinski definition) is 6. The van der Waals surface area contributed by atoms with Gasteiger partial charge in [0.2, 0.25) is 0 Å². The van der Waals surface area contributed by atoms with E-state index < -0.39 is 5.60 Å². The standard InChI is InChI=1S/C25H30ClN5O/c1-17-12-24(28-16-27-17)31-10-8-19(9-11-31)14-23-29-21(15-22(30-23)25(2,3)32)13-18-4-6-20(26)7-5-18/h4-7,12,15-16,19,32H,8-11,13-14H2,1-3H3. The van der Waals surface area contributed by atoms with Gasteiger partial charge in [-0.25, -0.2) is 19.9 Å². The van der Waals surface area contributed by atoms with E-state index in [9.17, 15) is 5.11 Å². The van der Waals surface area contributed by atoms with Crippen LogP contribution in [0.1, 0.15) is 55.2 Å². The fraction of sp³-hybridized carbons (Fsp3) is 0.440. The average molecular weight is 452 g/mol. The molecule has 1 aliphatic rings. The van der Waals surface area contributed by atoms with E-state index in [1.54, 1.807) is 20.2 Å². The maximum atomic E-state index is 10.6. The number of benzene rings is 1. The van der Waals surface area contributed by atoms with E-state index in [0.717, 1.165) is 66.0 Å². The summed E-state index contributed by atoms with van der Waals surface area (Å²) in [6.07, 6.45) is 5.25. The van der Waals surface area contributed by atoms with E-state index in [0.29, 0.717) is 18.0 Å². The van der Waals surface area contributed by atoms with Gasteiger partial charge < -0.3 is 10.0 Å². The molecule has 0 spiro atoms. The predicted molar refractivity (Wildman–Crippen MR) is 127 cm³/mol. The first kappa shape index (κ1) is 22.6. The molecule has 4 rings (SSSR count). The largest absolute Gasteiger partial charge is 0.384 e. The van der Waals surface area contributed by atoms with Gasteiger partial charge in [-0.2, -0.15) is 0 Å². The Morgan fingerprint density at radius 2 is 1.78 bits per heavy atom. The zero-order valence-corrected chi connectivity index (χ0v) is 19.7. The Hall–Kier alpha value is -2.57. The highest BCUT2D eigenvalue weighted by atomic mass is 35.5. The molecular formula is C25H30ClN5O. The van der Waals surface area contributed by atoms with Crippen molar-refractivity contribution in [1.29, 1.82) is 0 Å². The molecule has 7 heteroatoms. The van der Waals surface area contributed by atoms with Crippen LogP contribution in [0, 0.1) is 12.8 Å². The third kappa shape index (κ3) is 5.81. The summed E-state index contributed by atoms with van der Waals surface area (Å²) in [6, 6.07) is 11.8. The van der Waals surface area contributed by atoms with Crippen LogP contribution in [0.5, 0.6) is 0 Å². The maximum absolute atomic E-state index is 10.6. The molecule has 0 bridgehead atoms. The van der Waals surface area contributed by atoms with Gasteiger partial charge in [-0.3, -0.25) is 0 Å². The van der Waals surface area contributed by atoms with Crippen molar-refractivity contribution in [3.63, 3.8) is 0 Å². The normalized spacial score (nSPS) is 15.2. The van der Waals surface area contributed by atoms with Crippen molar-refractivity contribution >= 4 is 17.4 Å². The Labute approximate surface area is 194 Å². The van der Waals surface area contributed by atoms with Crippen molar-refractivity contribution in [1.82, 2.24) is 19.9 Å². The van der Waals surface area contributed by atoms with E-state index in [1.165, 1.54) is 0 Å². The van der Waals surface area contributed by atoms with Gasteiger partial charge in [0.15, 0.2) is 0 Å². The van der Waals surface area contributed by atoms with Crippen LogP contribution in [0.15, 0.2) is 42.7 Å². The third-order valence-electron chi connectivity index (χ3n) is 5.95. The van der Waals surface area contributed by atoms with E-state index in [4.69, 9.17) is 21.6 Å². The monoisotopic (exact) mass is 451 g/mol. The molecule has 3 aromatic rings. The number of aliphatic hydroxyl groups is 1. The van der Waals surface area contributed by atoms with Crippen LogP contribution in [0.2, 0.25) is 5.02 Å². The average Bonchev–Trinajstić information content (AvgIpc) is 2.75. The van der Waals surface area contributed by atoms with Gasteiger partial charge in [-0.1, -0.05) is 23.7 Å². The number of aromatic nitrogens is 4. The quantitative estimate of drug-likeness (QED) is 0.594. The van der Waals surface area contributed by atoms with Crippen molar-refractivity contribution in [3.05, 3.63) is 76.2 Å². The van der Waals surface area contributed by atoms with Crippen LogP contribution in [0.3, 0.4) is 0 Å². The first-order valence-corrected chi connectivity index (χ1v) is 11.5. The second-order valence-corrected chi connectivity index (χ2v) is 9.61. The van der Waals surface area contributed by atoms with Gasteiger partial charge in [0.1, 0.15) is 23.6 Å². The molecule has 1 fully saturated rings. The first-order valence-electron chi connectivity index (χ1n) is 11.1. The van der Waals surface area contributed by atoms with Crippen molar-refractivity contribution in [3.8, 4) is 0 Å². The molecule has 2 aromatic heterocycles.